The minimum atomic E-state index is -3.74. The summed E-state index contributed by atoms with van der Waals surface area (Å²) in [4.78, 5) is 12.0. The minimum absolute atomic E-state index is 0.0861. The van der Waals surface area contributed by atoms with Crippen LogP contribution in [0, 0.1) is 0 Å². The molecule has 0 atom stereocenters. The van der Waals surface area contributed by atoms with Gasteiger partial charge in [0.15, 0.2) is 6.61 Å². The molecule has 3 rings (SSSR count). The normalized spacial score (nSPS) is 10.9. The molecular formula is C23H24N2O5S. The third kappa shape index (κ3) is 6.75. The monoisotopic (exact) mass is 440 g/mol. The molecule has 0 radical (unpaired) electrons. The van der Waals surface area contributed by atoms with Crippen molar-refractivity contribution in [2.75, 3.05) is 25.0 Å². The number of carbonyl (C=O) groups is 1. The standard InChI is InChI=1S/C23H24N2O5S/c1-29-20-9-7-19(8-10-20)25-31(27,28)22-13-11-21(12-14-22)30-17-23(26)24-16-15-18-5-3-2-4-6-18/h2-14,25H,15-17H2,1H3,(H,24,26). The lowest BCUT2D eigenvalue weighted by atomic mass is 10.1. The van der Waals surface area contributed by atoms with E-state index >= 15 is 0 Å². The van der Waals surface area contributed by atoms with Gasteiger partial charge in [-0.1, -0.05) is 30.3 Å². The fourth-order valence-electron chi connectivity index (χ4n) is 2.78. The second-order valence-electron chi connectivity index (χ2n) is 6.68. The highest BCUT2D eigenvalue weighted by atomic mass is 32.2. The van der Waals surface area contributed by atoms with Crippen LogP contribution in [0.3, 0.4) is 0 Å². The zero-order valence-corrected chi connectivity index (χ0v) is 17.9. The number of methoxy groups -OCH3 is 1. The molecule has 0 aliphatic heterocycles. The fourth-order valence-corrected chi connectivity index (χ4v) is 3.84. The van der Waals surface area contributed by atoms with Gasteiger partial charge in [-0.3, -0.25) is 9.52 Å². The van der Waals surface area contributed by atoms with E-state index in [4.69, 9.17) is 9.47 Å². The fraction of sp³-hybridized carbons (Fsp3) is 0.174. The number of hydrogen-bond acceptors (Lipinski definition) is 5. The van der Waals surface area contributed by atoms with Crippen LogP contribution < -0.4 is 19.5 Å². The number of benzene rings is 3. The zero-order chi connectivity index (χ0) is 22.1. The number of nitrogens with one attached hydrogen (secondary N) is 2. The average Bonchev–Trinajstić information content (AvgIpc) is 2.79. The minimum Gasteiger partial charge on any atom is -0.497 e. The lowest BCUT2D eigenvalue weighted by molar-refractivity contribution is -0.123. The van der Waals surface area contributed by atoms with Crippen molar-refractivity contribution < 1.29 is 22.7 Å². The molecule has 0 heterocycles. The quantitative estimate of drug-likeness (QED) is 0.505. The third-order valence-electron chi connectivity index (χ3n) is 4.42. The van der Waals surface area contributed by atoms with E-state index in [1.54, 1.807) is 24.3 Å². The molecule has 31 heavy (non-hydrogen) atoms. The van der Waals surface area contributed by atoms with Gasteiger partial charge in [0, 0.05) is 12.2 Å². The highest BCUT2D eigenvalue weighted by Gasteiger charge is 2.14. The van der Waals surface area contributed by atoms with Gasteiger partial charge >= 0.3 is 0 Å². The molecule has 0 spiro atoms. The number of carbonyl (C=O) groups excluding carboxylic acids is 1. The molecule has 0 bridgehead atoms. The van der Waals surface area contributed by atoms with Crippen LogP contribution in [0.25, 0.3) is 0 Å². The maximum atomic E-state index is 12.5. The lowest BCUT2D eigenvalue weighted by Crippen LogP contribution is -2.30. The van der Waals surface area contributed by atoms with Gasteiger partial charge < -0.3 is 14.8 Å². The summed E-state index contributed by atoms with van der Waals surface area (Å²) in [7, 11) is -2.21. The van der Waals surface area contributed by atoms with Gasteiger partial charge in [0.05, 0.1) is 12.0 Å². The molecule has 3 aromatic rings. The summed E-state index contributed by atoms with van der Waals surface area (Å²) in [5, 5.41) is 2.79. The van der Waals surface area contributed by atoms with Gasteiger partial charge in [0.1, 0.15) is 11.5 Å². The number of amides is 1. The first-order valence-electron chi connectivity index (χ1n) is 9.66. The van der Waals surface area contributed by atoms with E-state index in [1.165, 1.54) is 31.4 Å². The summed E-state index contributed by atoms with van der Waals surface area (Å²) < 4.78 is 38.0. The van der Waals surface area contributed by atoms with Crippen molar-refractivity contribution in [1.82, 2.24) is 5.32 Å². The number of hydrogen-bond donors (Lipinski definition) is 2. The van der Waals surface area contributed by atoms with E-state index in [0.717, 1.165) is 12.0 Å². The smallest absolute Gasteiger partial charge is 0.261 e. The number of ether oxygens (including phenoxy) is 2. The molecule has 2 N–H and O–H groups in total. The van der Waals surface area contributed by atoms with Crippen LogP contribution in [0.1, 0.15) is 5.56 Å². The molecule has 0 fully saturated rings. The Morgan fingerprint density at radius 1 is 0.871 bits per heavy atom. The Morgan fingerprint density at radius 3 is 2.16 bits per heavy atom. The summed E-state index contributed by atoms with van der Waals surface area (Å²) in [6, 6.07) is 22.3. The average molecular weight is 441 g/mol. The Bertz CT molecular complexity index is 1080. The highest BCUT2D eigenvalue weighted by molar-refractivity contribution is 7.92. The summed E-state index contributed by atoms with van der Waals surface area (Å²) in [6.07, 6.45) is 0.736. The number of anilines is 1. The number of rotatable bonds is 10. The van der Waals surface area contributed by atoms with Gasteiger partial charge in [-0.15, -0.1) is 0 Å². The molecule has 1 amide bonds. The number of sulfonamides is 1. The second-order valence-corrected chi connectivity index (χ2v) is 8.36. The molecule has 7 nitrogen and oxygen atoms in total. The summed E-state index contributed by atoms with van der Waals surface area (Å²) in [6.45, 7) is 0.366. The van der Waals surface area contributed by atoms with E-state index in [1.807, 2.05) is 30.3 Å². The van der Waals surface area contributed by atoms with Gasteiger partial charge in [0.2, 0.25) is 0 Å². The maximum absolute atomic E-state index is 12.5. The van der Waals surface area contributed by atoms with Gasteiger partial charge in [-0.25, -0.2) is 8.42 Å². The van der Waals surface area contributed by atoms with Gasteiger partial charge in [-0.05, 0) is 60.5 Å². The van der Waals surface area contributed by atoms with Crippen molar-refractivity contribution in [3.05, 3.63) is 84.4 Å². The maximum Gasteiger partial charge on any atom is 0.261 e. The first-order valence-corrected chi connectivity index (χ1v) is 11.1. The Morgan fingerprint density at radius 2 is 1.52 bits per heavy atom. The largest absolute Gasteiger partial charge is 0.497 e. The van der Waals surface area contributed by atoms with Crippen LogP contribution >= 0.6 is 0 Å². The van der Waals surface area contributed by atoms with Crippen LogP contribution in [-0.2, 0) is 21.2 Å². The molecule has 162 valence electrons. The molecule has 0 unspecified atom stereocenters. The SMILES string of the molecule is COc1ccc(NS(=O)(=O)c2ccc(OCC(=O)NCCc3ccccc3)cc2)cc1. The Balaban J connectivity index is 1.48. The van der Waals surface area contributed by atoms with Gasteiger partial charge in [-0.2, -0.15) is 0 Å². The molecule has 0 saturated carbocycles. The summed E-state index contributed by atoms with van der Waals surface area (Å²) >= 11 is 0. The molecule has 0 saturated heterocycles. The summed E-state index contributed by atoms with van der Waals surface area (Å²) in [5.74, 6) is 0.795. The van der Waals surface area contributed by atoms with Crippen LogP contribution in [0.2, 0.25) is 0 Å². The van der Waals surface area contributed by atoms with Crippen LogP contribution in [0.4, 0.5) is 5.69 Å². The van der Waals surface area contributed by atoms with E-state index in [9.17, 15) is 13.2 Å². The van der Waals surface area contributed by atoms with E-state index in [-0.39, 0.29) is 17.4 Å². The first-order chi connectivity index (χ1) is 15.0. The molecule has 3 aromatic carbocycles. The zero-order valence-electron chi connectivity index (χ0n) is 17.1. The van der Waals surface area contributed by atoms with Crippen molar-refractivity contribution in [1.29, 1.82) is 0 Å². The Labute approximate surface area is 182 Å². The lowest BCUT2D eigenvalue weighted by Gasteiger charge is -2.10. The van der Waals surface area contributed by atoms with E-state index in [2.05, 4.69) is 10.0 Å². The van der Waals surface area contributed by atoms with E-state index in [0.29, 0.717) is 23.7 Å². The highest BCUT2D eigenvalue weighted by Crippen LogP contribution is 2.21. The predicted octanol–water partition coefficient (Wildman–Crippen LogP) is 3.23. The molecular weight excluding hydrogens is 416 g/mol. The summed E-state index contributed by atoms with van der Waals surface area (Å²) in [5.41, 5.74) is 1.57. The van der Waals surface area contributed by atoms with Crippen molar-refractivity contribution in [2.24, 2.45) is 0 Å². The molecule has 0 aliphatic carbocycles. The van der Waals surface area contributed by atoms with Crippen molar-refractivity contribution >= 4 is 21.6 Å². The van der Waals surface area contributed by atoms with Crippen LogP contribution in [-0.4, -0.2) is 34.6 Å². The second kappa shape index (κ2) is 10.5. The van der Waals surface area contributed by atoms with Crippen molar-refractivity contribution in [3.8, 4) is 11.5 Å². The van der Waals surface area contributed by atoms with Crippen LogP contribution in [0.15, 0.2) is 83.8 Å². The first kappa shape index (κ1) is 22.2. The Hall–Kier alpha value is -3.52. The van der Waals surface area contributed by atoms with Gasteiger partial charge in [0.25, 0.3) is 15.9 Å². The van der Waals surface area contributed by atoms with Crippen LogP contribution in [0.5, 0.6) is 11.5 Å². The molecule has 8 heteroatoms. The van der Waals surface area contributed by atoms with E-state index < -0.39 is 10.0 Å². The Kier molecular flexibility index (Phi) is 7.50. The predicted molar refractivity (Wildman–Crippen MR) is 119 cm³/mol. The third-order valence-corrected chi connectivity index (χ3v) is 5.82. The van der Waals surface area contributed by atoms with Crippen molar-refractivity contribution in [3.63, 3.8) is 0 Å². The molecule has 0 aliphatic rings. The van der Waals surface area contributed by atoms with Crippen molar-refractivity contribution in [2.45, 2.75) is 11.3 Å². The topological polar surface area (TPSA) is 93.7 Å². The molecule has 0 aromatic heterocycles.